The van der Waals surface area contributed by atoms with Crippen LogP contribution in [0.15, 0.2) is 12.3 Å². The zero-order valence-electron chi connectivity index (χ0n) is 9.94. The highest BCUT2D eigenvalue weighted by molar-refractivity contribution is 5.25. The van der Waals surface area contributed by atoms with Gasteiger partial charge in [0.15, 0.2) is 0 Å². The summed E-state index contributed by atoms with van der Waals surface area (Å²) in [5.41, 5.74) is 3.01. The molecule has 1 aliphatic rings. The molecule has 2 atom stereocenters. The summed E-state index contributed by atoms with van der Waals surface area (Å²) in [6.07, 6.45) is 3.39. The van der Waals surface area contributed by atoms with Gasteiger partial charge in [0.2, 0.25) is 0 Å². The molecule has 1 aliphatic heterocycles. The fraction of sp³-hybridized carbons (Fsp3) is 0.615. The van der Waals surface area contributed by atoms with Crippen molar-refractivity contribution in [3.63, 3.8) is 0 Å². The van der Waals surface area contributed by atoms with Crippen molar-refractivity contribution in [1.29, 1.82) is 0 Å². The van der Waals surface area contributed by atoms with Crippen LogP contribution in [-0.4, -0.2) is 23.3 Å². The Kier molecular flexibility index (Phi) is 3.56. The van der Waals surface area contributed by atoms with Crippen molar-refractivity contribution >= 4 is 0 Å². The van der Waals surface area contributed by atoms with Crippen LogP contribution in [0, 0.1) is 19.8 Å². The molecule has 0 spiro atoms. The van der Waals surface area contributed by atoms with Crippen LogP contribution in [0.25, 0.3) is 0 Å². The van der Waals surface area contributed by atoms with E-state index in [9.17, 15) is 5.11 Å². The van der Waals surface area contributed by atoms with Gasteiger partial charge in [0.1, 0.15) is 6.10 Å². The van der Waals surface area contributed by atoms with Gasteiger partial charge in [-0.2, -0.15) is 0 Å². The van der Waals surface area contributed by atoms with E-state index in [1.54, 1.807) is 0 Å². The summed E-state index contributed by atoms with van der Waals surface area (Å²) in [5, 5.41) is 10.3. The van der Waals surface area contributed by atoms with Gasteiger partial charge in [-0.3, -0.25) is 4.98 Å². The van der Waals surface area contributed by atoms with Crippen molar-refractivity contribution in [3.05, 3.63) is 29.1 Å². The second kappa shape index (κ2) is 4.93. The van der Waals surface area contributed by atoms with Crippen molar-refractivity contribution in [3.8, 4) is 0 Å². The molecule has 0 bridgehead atoms. The highest BCUT2D eigenvalue weighted by atomic mass is 16.5. The number of nitrogens with zero attached hydrogens (tertiary/aromatic N) is 1. The lowest BCUT2D eigenvalue weighted by Crippen LogP contribution is -2.24. The maximum absolute atomic E-state index is 10.3. The first-order chi connectivity index (χ1) is 7.68. The maximum Gasteiger partial charge on any atom is 0.101 e. The molecule has 0 amide bonds. The van der Waals surface area contributed by atoms with E-state index in [0.29, 0.717) is 6.61 Å². The predicted octanol–water partition coefficient (Wildman–Crippen LogP) is 2.16. The van der Waals surface area contributed by atoms with Crippen LogP contribution in [0.5, 0.6) is 0 Å². The monoisotopic (exact) mass is 221 g/mol. The Morgan fingerprint density at radius 1 is 1.50 bits per heavy atom. The molecule has 0 radical (unpaired) electrons. The van der Waals surface area contributed by atoms with E-state index in [1.165, 1.54) is 0 Å². The Bertz CT molecular complexity index is 359. The molecule has 1 N–H and O–H groups in total. The summed E-state index contributed by atoms with van der Waals surface area (Å²) in [6, 6.07) is 2.06. The fourth-order valence-electron chi connectivity index (χ4n) is 2.27. The largest absolute Gasteiger partial charge is 0.386 e. The van der Waals surface area contributed by atoms with Gasteiger partial charge in [0.25, 0.3) is 0 Å². The van der Waals surface area contributed by atoms with Crippen LogP contribution in [-0.2, 0) is 4.74 Å². The standard InChI is InChI=1S/C13H19NO2/c1-9-6-10(2)12(14-7-9)13(15)11-4-3-5-16-8-11/h6-7,11,13,15H,3-5,8H2,1-2H3. The van der Waals surface area contributed by atoms with Crippen molar-refractivity contribution in [1.82, 2.24) is 4.98 Å². The number of aryl methyl sites for hydroxylation is 2. The van der Waals surface area contributed by atoms with E-state index in [-0.39, 0.29) is 5.92 Å². The lowest BCUT2D eigenvalue weighted by molar-refractivity contribution is -0.0118. The van der Waals surface area contributed by atoms with Gasteiger partial charge in [-0.15, -0.1) is 0 Å². The van der Waals surface area contributed by atoms with Crippen LogP contribution in [0.1, 0.15) is 35.8 Å². The van der Waals surface area contributed by atoms with Gasteiger partial charge in [0.05, 0.1) is 12.3 Å². The summed E-state index contributed by atoms with van der Waals surface area (Å²) < 4.78 is 5.40. The first-order valence-corrected chi connectivity index (χ1v) is 5.87. The minimum absolute atomic E-state index is 0.197. The molecule has 1 fully saturated rings. The van der Waals surface area contributed by atoms with Crippen molar-refractivity contribution in [2.45, 2.75) is 32.8 Å². The topological polar surface area (TPSA) is 42.4 Å². The summed E-state index contributed by atoms with van der Waals surface area (Å²) in [6.45, 7) is 5.49. The van der Waals surface area contributed by atoms with Crippen molar-refractivity contribution in [2.75, 3.05) is 13.2 Å². The lowest BCUT2D eigenvalue weighted by atomic mass is 9.92. The van der Waals surface area contributed by atoms with Crippen molar-refractivity contribution in [2.24, 2.45) is 5.92 Å². The molecule has 0 aromatic carbocycles. The molecule has 3 heteroatoms. The molecule has 88 valence electrons. The van der Waals surface area contributed by atoms with Crippen LogP contribution < -0.4 is 0 Å². The molecule has 2 heterocycles. The zero-order chi connectivity index (χ0) is 11.5. The second-order valence-electron chi connectivity index (χ2n) is 4.64. The normalized spacial score (nSPS) is 23.1. The third kappa shape index (κ3) is 2.42. The summed E-state index contributed by atoms with van der Waals surface area (Å²) in [4.78, 5) is 4.35. The Morgan fingerprint density at radius 3 is 2.94 bits per heavy atom. The average Bonchev–Trinajstić information content (AvgIpc) is 2.29. The third-order valence-corrected chi connectivity index (χ3v) is 3.18. The van der Waals surface area contributed by atoms with E-state index < -0.39 is 6.10 Å². The van der Waals surface area contributed by atoms with Crippen LogP contribution in [0.4, 0.5) is 0 Å². The Morgan fingerprint density at radius 2 is 2.31 bits per heavy atom. The Labute approximate surface area is 96.5 Å². The summed E-state index contributed by atoms with van der Waals surface area (Å²) >= 11 is 0. The SMILES string of the molecule is Cc1cnc(C(O)C2CCCOC2)c(C)c1. The third-order valence-electron chi connectivity index (χ3n) is 3.18. The van der Waals surface area contributed by atoms with E-state index in [0.717, 1.165) is 36.3 Å². The summed E-state index contributed by atoms with van der Waals surface area (Å²) in [7, 11) is 0. The molecule has 1 aromatic heterocycles. The predicted molar refractivity (Wildman–Crippen MR) is 62.2 cm³/mol. The van der Waals surface area contributed by atoms with Crippen LogP contribution >= 0.6 is 0 Å². The van der Waals surface area contributed by atoms with Gasteiger partial charge < -0.3 is 9.84 Å². The van der Waals surface area contributed by atoms with Gasteiger partial charge in [-0.05, 0) is 37.8 Å². The Balaban J connectivity index is 2.15. The van der Waals surface area contributed by atoms with Gasteiger partial charge in [-0.1, -0.05) is 6.07 Å². The van der Waals surface area contributed by atoms with E-state index >= 15 is 0 Å². The second-order valence-corrected chi connectivity index (χ2v) is 4.64. The molecule has 2 rings (SSSR count). The van der Waals surface area contributed by atoms with Crippen molar-refractivity contribution < 1.29 is 9.84 Å². The molecule has 3 nitrogen and oxygen atoms in total. The van der Waals surface area contributed by atoms with E-state index in [1.807, 2.05) is 20.0 Å². The van der Waals surface area contributed by atoms with E-state index in [4.69, 9.17) is 4.74 Å². The molecule has 1 aromatic rings. The zero-order valence-corrected chi connectivity index (χ0v) is 9.94. The minimum Gasteiger partial charge on any atom is -0.386 e. The molecule has 2 unspecified atom stereocenters. The highest BCUT2D eigenvalue weighted by Crippen LogP contribution is 2.29. The van der Waals surface area contributed by atoms with Gasteiger partial charge >= 0.3 is 0 Å². The molecular weight excluding hydrogens is 202 g/mol. The molecule has 0 saturated carbocycles. The maximum atomic E-state index is 10.3. The quantitative estimate of drug-likeness (QED) is 0.832. The lowest BCUT2D eigenvalue weighted by Gasteiger charge is -2.27. The average molecular weight is 221 g/mol. The molecule has 1 saturated heterocycles. The number of aromatic nitrogens is 1. The van der Waals surface area contributed by atoms with Gasteiger partial charge in [-0.25, -0.2) is 0 Å². The van der Waals surface area contributed by atoms with Gasteiger partial charge in [0, 0.05) is 18.7 Å². The number of aliphatic hydroxyl groups is 1. The molecule has 0 aliphatic carbocycles. The van der Waals surface area contributed by atoms with Crippen LogP contribution in [0.2, 0.25) is 0 Å². The number of pyridine rings is 1. The van der Waals surface area contributed by atoms with Crippen LogP contribution in [0.3, 0.4) is 0 Å². The number of aliphatic hydroxyl groups excluding tert-OH is 1. The summed E-state index contributed by atoms with van der Waals surface area (Å²) in [5.74, 6) is 0.197. The number of ether oxygens (including phenoxy) is 1. The smallest absolute Gasteiger partial charge is 0.101 e. The highest BCUT2D eigenvalue weighted by Gasteiger charge is 2.25. The first kappa shape index (κ1) is 11.6. The first-order valence-electron chi connectivity index (χ1n) is 5.87. The number of hydrogen-bond acceptors (Lipinski definition) is 3. The molecular formula is C13H19NO2. The minimum atomic E-state index is -0.485. The molecule has 16 heavy (non-hydrogen) atoms. The number of hydrogen-bond donors (Lipinski definition) is 1. The number of rotatable bonds is 2. The van der Waals surface area contributed by atoms with E-state index in [2.05, 4.69) is 11.1 Å². The fourth-order valence-corrected chi connectivity index (χ4v) is 2.27. The Hall–Kier alpha value is -0.930.